The summed E-state index contributed by atoms with van der Waals surface area (Å²) in [7, 11) is -4.67. The van der Waals surface area contributed by atoms with Gasteiger partial charge in [-0.25, -0.2) is 0 Å². The summed E-state index contributed by atoms with van der Waals surface area (Å²) in [5, 5.41) is 0. The molecule has 1 aromatic carbocycles. The Morgan fingerprint density at radius 2 is 0.833 bits per heavy atom. The molecule has 0 atom stereocenters. The first kappa shape index (κ1) is 14.1. The molecule has 0 amide bonds. The van der Waals surface area contributed by atoms with Gasteiger partial charge in [0.1, 0.15) is 0 Å². The number of hydrogen-bond acceptors (Lipinski definition) is 2. The predicted molar refractivity (Wildman–Crippen MR) is 40.6 cm³/mol. The summed E-state index contributed by atoms with van der Waals surface area (Å²) in [6, 6.07) is 12.0. The average Bonchev–Trinajstić information content (AvgIpc) is 1.88. The Kier molecular flexibility index (Phi) is 8.53. The van der Waals surface area contributed by atoms with Gasteiger partial charge in [-0.1, -0.05) is 36.4 Å². The van der Waals surface area contributed by atoms with Crippen molar-refractivity contribution in [3.8, 4) is 0 Å². The van der Waals surface area contributed by atoms with E-state index in [2.05, 4.69) is 0 Å². The third-order valence-electron chi connectivity index (χ3n) is 0.667. The van der Waals surface area contributed by atoms with Crippen molar-refractivity contribution in [2.45, 2.75) is 0 Å². The van der Waals surface area contributed by atoms with Crippen LogP contribution in [-0.2, 0) is 26.9 Å². The Morgan fingerprint density at radius 3 is 0.917 bits per heavy atom. The number of benzene rings is 1. The van der Waals surface area contributed by atoms with Crippen molar-refractivity contribution < 1.29 is 34.0 Å². The molecule has 0 aliphatic carbocycles. The van der Waals surface area contributed by atoms with Crippen LogP contribution in [0.15, 0.2) is 36.4 Å². The van der Waals surface area contributed by atoms with E-state index in [1.807, 2.05) is 36.4 Å². The maximum absolute atomic E-state index is 8.74. The minimum Gasteiger partial charge on any atom is -0.264 e. The minimum atomic E-state index is -4.67. The van der Waals surface area contributed by atoms with E-state index in [4.69, 9.17) is 17.5 Å². The Morgan fingerprint density at radius 1 is 0.750 bits per heavy atom. The molecule has 0 heterocycles. The Balaban J connectivity index is 0. The SMILES string of the molecule is O=S(=O)(O)O.[Ni].c1ccccc1. The van der Waals surface area contributed by atoms with Crippen LogP contribution >= 0.6 is 0 Å². The van der Waals surface area contributed by atoms with E-state index in [0.717, 1.165) is 0 Å². The molecule has 0 fully saturated rings. The molecule has 1 aromatic rings. The zero-order valence-corrected chi connectivity index (χ0v) is 7.70. The molecule has 0 saturated carbocycles. The van der Waals surface area contributed by atoms with Gasteiger partial charge in [0.05, 0.1) is 0 Å². The third kappa shape index (κ3) is 22.6. The second-order valence-corrected chi connectivity index (χ2v) is 2.50. The molecule has 0 aliphatic rings. The van der Waals surface area contributed by atoms with Crippen LogP contribution in [0.1, 0.15) is 0 Å². The van der Waals surface area contributed by atoms with Crippen molar-refractivity contribution >= 4 is 10.4 Å². The van der Waals surface area contributed by atoms with E-state index in [0.29, 0.717) is 0 Å². The van der Waals surface area contributed by atoms with Gasteiger partial charge in [0.15, 0.2) is 0 Å². The minimum absolute atomic E-state index is 0. The standard InChI is InChI=1S/C6H6.Ni.H2O4S/c1-2-4-6-5-3-1;;1-5(2,3)4/h1-6H;;(H2,1,2,3,4). The molecule has 1 rings (SSSR count). The van der Waals surface area contributed by atoms with E-state index in [1.165, 1.54) is 0 Å². The van der Waals surface area contributed by atoms with Crippen molar-refractivity contribution in [1.29, 1.82) is 0 Å². The normalized spacial score (nSPS) is 8.83. The molecule has 0 spiro atoms. The van der Waals surface area contributed by atoms with Gasteiger partial charge in [-0.2, -0.15) is 8.42 Å². The quantitative estimate of drug-likeness (QED) is 0.520. The van der Waals surface area contributed by atoms with Gasteiger partial charge in [-0.3, -0.25) is 9.11 Å². The second-order valence-electron chi connectivity index (χ2n) is 1.60. The molecule has 72 valence electrons. The molecule has 4 nitrogen and oxygen atoms in total. The molecule has 2 N–H and O–H groups in total. The fourth-order valence-electron chi connectivity index (χ4n) is 0.385. The van der Waals surface area contributed by atoms with Crippen molar-refractivity contribution in [2.24, 2.45) is 0 Å². The van der Waals surface area contributed by atoms with Gasteiger partial charge >= 0.3 is 10.4 Å². The van der Waals surface area contributed by atoms with Crippen LogP contribution in [-0.4, -0.2) is 17.5 Å². The molecule has 0 unspecified atom stereocenters. The van der Waals surface area contributed by atoms with Crippen molar-refractivity contribution in [3.63, 3.8) is 0 Å². The molecule has 0 bridgehead atoms. The Bertz CT molecular complexity index is 236. The van der Waals surface area contributed by atoms with Gasteiger partial charge in [-0.05, 0) is 0 Å². The maximum Gasteiger partial charge on any atom is 0.394 e. The molecule has 0 aliphatic heterocycles. The molecular weight excluding hydrogens is 227 g/mol. The number of hydrogen-bond donors (Lipinski definition) is 2. The van der Waals surface area contributed by atoms with Crippen molar-refractivity contribution in [3.05, 3.63) is 36.4 Å². The molecular formula is C6H8NiO4S. The van der Waals surface area contributed by atoms with Crippen LogP contribution < -0.4 is 0 Å². The van der Waals surface area contributed by atoms with Crippen LogP contribution in [0, 0.1) is 0 Å². The van der Waals surface area contributed by atoms with Crippen molar-refractivity contribution in [1.82, 2.24) is 0 Å². The van der Waals surface area contributed by atoms with E-state index in [-0.39, 0.29) is 16.5 Å². The first-order valence-electron chi connectivity index (χ1n) is 2.70. The van der Waals surface area contributed by atoms with Gasteiger partial charge in [-0.15, -0.1) is 0 Å². The van der Waals surface area contributed by atoms with Gasteiger partial charge in [0, 0.05) is 16.5 Å². The zero-order valence-electron chi connectivity index (χ0n) is 5.90. The van der Waals surface area contributed by atoms with Crippen LogP contribution in [0.25, 0.3) is 0 Å². The van der Waals surface area contributed by atoms with E-state index < -0.39 is 10.4 Å². The largest absolute Gasteiger partial charge is 0.394 e. The van der Waals surface area contributed by atoms with Crippen molar-refractivity contribution in [2.75, 3.05) is 0 Å². The average molecular weight is 235 g/mol. The predicted octanol–water partition coefficient (Wildman–Crippen LogP) is 1.03. The maximum atomic E-state index is 8.74. The fraction of sp³-hybridized carbons (Fsp3) is 0. The summed E-state index contributed by atoms with van der Waals surface area (Å²) in [4.78, 5) is 0. The van der Waals surface area contributed by atoms with Crippen LogP contribution in [0.4, 0.5) is 0 Å². The summed E-state index contributed by atoms with van der Waals surface area (Å²) in [6.45, 7) is 0. The molecule has 0 saturated heterocycles. The smallest absolute Gasteiger partial charge is 0.264 e. The first-order chi connectivity index (χ1) is 5.00. The monoisotopic (exact) mass is 234 g/mol. The molecule has 0 aromatic heterocycles. The number of rotatable bonds is 0. The third-order valence-corrected chi connectivity index (χ3v) is 0.667. The summed E-state index contributed by atoms with van der Waals surface area (Å²) < 4.78 is 31.6. The zero-order chi connectivity index (χ0) is 8.74. The first-order valence-corrected chi connectivity index (χ1v) is 4.10. The Labute approximate surface area is 81.1 Å². The second kappa shape index (κ2) is 7.24. The molecule has 6 heteroatoms. The van der Waals surface area contributed by atoms with E-state index >= 15 is 0 Å². The topological polar surface area (TPSA) is 74.6 Å². The summed E-state index contributed by atoms with van der Waals surface area (Å²) in [6.07, 6.45) is 0. The van der Waals surface area contributed by atoms with Crippen LogP contribution in [0.5, 0.6) is 0 Å². The molecule has 0 radical (unpaired) electrons. The van der Waals surface area contributed by atoms with Gasteiger partial charge in [0.25, 0.3) is 0 Å². The van der Waals surface area contributed by atoms with E-state index in [9.17, 15) is 0 Å². The summed E-state index contributed by atoms with van der Waals surface area (Å²) in [5.74, 6) is 0. The fourth-order valence-corrected chi connectivity index (χ4v) is 0.385. The van der Waals surface area contributed by atoms with Gasteiger partial charge in [0.2, 0.25) is 0 Å². The Hall–Kier alpha value is -0.416. The van der Waals surface area contributed by atoms with Crippen LogP contribution in [0.3, 0.4) is 0 Å². The van der Waals surface area contributed by atoms with Gasteiger partial charge < -0.3 is 0 Å². The summed E-state index contributed by atoms with van der Waals surface area (Å²) in [5.41, 5.74) is 0. The van der Waals surface area contributed by atoms with Crippen LogP contribution in [0.2, 0.25) is 0 Å². The van der Waals surface area contributed by atoms with E-state index in [1.54, 1.807) is 0 Å². The molecule has 12 heavy (non-hydrogen) atoms. The summed E-state index contributed by atoms with van der Waals surface area (Å²) >= 11 is 0.